The van der Waals surface area contributed by atoms with Crippen LogP contribution in [0.1, 0.15) is 16.9 Å². The lowest BCUT2D eigenvalue weighted by Crippen LogP contribution is -2.49. The molecule has 1 aromatic heterocycles. The Bertz CT molecular complexity index is 736. The molecule has 3 N–H and O–H groups in total. The number of carbonyl (C=O) groups excluding carboxylic acids is 2. The van der Waals surface area contributed by atoms with E-state index >= 15 is 0 Å². The van der Waals surface area contributed by atoms with Crippen LogP contribution in [0, 0.1) is 0 Å². The van der Waals surface area contributed by atoms with Crippen LogP contribution in [-0.4, -0.2) is 39.8 Å². The highest BCUT2D eigenvalue weighted by Crippen LogP contribution is 2.24. The molecule has 2 aromatic rings. The van der Waals surface area contributed by atoms with Crippen molar-refractivity contribution in [2.45, 2.75) is 6.42 Å². The molecule has 0 aliphatic carbocycles. The van der Waals surface area contributed by atoms with E-state index < -0.39 is 12.0 Å². The molecule has 1 aliphatic heterocycles. The Morgan fingerprint density at radius 2 is 2.15 bits per heavy atom. The molecule has 2 heterocycles. The molecule has 8 heteroatoms. The summed E-state index contributed by atoms with van der Waals surface area (Å²) < 4.78 is 0. The minimum absolute atomic E-state index is 0.0650. The Morgan fingerprint density at radius 3 is 2.85 bits per heavy atom. The number of anilines is 1. The number of carboxylic acid groups (broad SMARTS) is 1. The summed E-state index contributed by atoms with van der Waals surface area (Å²) in [6, 6.07) is 4.35. The fraction of sp³-hybridized carbons (Fsp3) is 0.167. The summed E-state index contributed by atoms with van der Waals surface area (Å²) in [6.07, 6.45) is 0.229. The van der Waals surface area contributed by atoms with Crippen molar-refractivity contribution in [3.8, 4) is 0 Å². The number of hydrogen-bond acceptors (Lipinski definition) is 4. The molecule has 8 nitrogen and oxygen atoms in total. The van der Waals surface area contributed by atoms with E-state index in [2.05, 4.69) is 15.5 Å². The van der Waals surface area contributed by atoms with Crippen LogP contribution in [0.3, 0.4) is 0 Å². The van der Waals surface area contributed by atoms with Crippen LogP contribution in [0.2, 0.25) is 0 Å². The minimum Gasteiger partial charge on any atom is -0.476 e. The summed E-state index contributed by atoms with van der Waals surface area (Å²) in [6.45, 7) is 0.288. The molecule has 0 unspecified atom stereocenters. The van der Waals surface area contributed by atoms with Gasteiger partial charge in [-0.15, -0.1) is 0 Å². The molecule has 0 radical (unpaired) electrons. The predicted molar refractivity (Wildman–Crippen MR) is 68.6 cm³/mol. The smallest absolute Gasteiger partial charge is 0.357 e. The second-order valence-electron chi connectivity index (χ2n) is 4.36. The predicted octanol–water partition coefficient (Wildman–Crippen LogP) is 0.707. The number of aromatic carboxylic acids is 1. The SMILES string of the molecule is O=C1CCN(c2ccc3c(C(=O)O)n[nH]c3c2)C(=O)N1. The van der Waals surface area contributed by atoms with Crippen LogP contribution >= 0.6 is 0 Å². The van der Waals surface area contributed by atoms with Crippen LogP contribution in [0.25, 0.3) is 10.9 Å². The third-order valence-electron chi connectivity index (χ3n) is 3.11. The van der Waals surface area contributed by atoms with Crippen molar-refractivity contribution in [3.05, 3.63) is 23.9 Å². The summed E-state index contributed by atoms with van der Waals surface area (Å²) in [5, 5.41) is 18.0. The molecule has 1 aromatic carbocycles. The number of carbonyl (C=O) groups is 3. The minimum atomic E-state index is -1.12. The highest BCUT2D eigenvalue weighted by molar-refractivity contribution is 6.07. The quantitative estimate of drug-likeness (QED) is 0.745. The zero-order chi connectivity index (χ0) is 14.3. The van der Waals surface area contributed by atoms with Gasteiger partial charge in [0.05, 0.1) is 5.52 Å². The maximum Gasteiger partial charge on any atom is 0.357 e. The molecular formula is C12H10N4O4. The number of carboxylic acids is 1. The fourth-order valence-electron chi connectivity index (χ4n) is 2.15. The van der Waals surface area contributed by atoms with Gasteiger partial charge in [0.2, 0.25) is 5.91 Å². The fourth-order valence-corrected chi connectivity index (χ4v) is 2.15. The van der Waals surface area contributed by atoms with Crippen molar-refractivity contribution in [2.24, 2.45) is 0 Å². The first-order valence-electron chi connectivity index (χ1n) is 5.89. The second kappa shape index (κ2) is 4.34. The summed E-state index contributed by atoms with van der Waals surface area (Å²) in [5.74, 6) is -1.42. The van der Waals surface area contributed by atoms with Crippen LogP contribution in [0.5, 0.6) is 0 Å². The summed E-state index contributed by atoms with van der Waals surface area (Å²) in [4.78, 5) is 35.2. The molecule has 3 rings (SSSR count). The van der Waals surface area contributed by atoms with Gasteiger partial charge in [0.15, 0.2) is 5.69 Å². The van der Waals surface area contributed by atoms with E-state index in [9.17, 15) is 14.4 Å². The first kappa shape index (κ1) is 12.2. The third-order valence-corrected chi connectivity index (χ3v) is 3.11. The Morgan fingerprint density at radius 1 is 1.35 bits per heavy atom. The summed E-state index contributed by atoms with van der Waals surface area (Å²) in [5.41, 5.74) is 1.03. The van der Waals surface area contributed by atoms with E-state index in [0.29, 0.717) is 16.6 Å². The Balaban J connectivity index is 1.99. The van der Waals surface area contributed by atoms with Gasteiger partial charge in [0.25, 0.3) is 0 Å². The number of hydrogen-bond donors (Lipinski definition) is 3. The second-order valence-corrected chi connectivity index (χ2v) is 4.36. The summed E-state index contributed by atoms with van der Waals surface area (Å²) in [7, 11) is 0. The van der Waals surface area contributed by atoms with Crippen molar-refractivity contribution in [1.29, 1.82) is 0 Å². The highest BCUT2D eigenvalue weighted by Gasteiger charge is 2.24. The van der Waals surface area contributed by atoms with E-state index in [4.69, 9.17) is 5.11 Å². The van der Waals surface area contributed by atoms with Gasteiger partial charge in [-0.2, -0.15) is 5.10 Å². The van der Waals surface area contributed by atoms with Crippen molar-refractivity contribution in [3.63, 3.8) is 0 Å². The highest BCUT2D eigenvalue weighted by atomic mass is 16.4. The number of amides is 3. The van der Waals surface area contributed by atoms with Crippen LogP contribution in [0.4, 0.5) is 10.5 Å². The van der Waals surface area contributed by atoms with E-state index in [0.717, 1.165) is 0 Å². The van der Waals surface area contributed by atoms with E-state index in [1.165, 1.54) is 4.90 Å². The van der Waals surface area contributed by atoms with E-state index in [1.807, 2.05) is 0 Å². The number of benzene rings is 1. The Hall–Kier alpha value is -2.90. The van der Waals surface area contributed by atoms with Crippen molar-refractivity contribution < 1.29 is 19.5 Å². The molecule has 1 fully saturated rings. The standard InChI is InChI=1S/C12H10N4O4/c17-9-3-4-16(12(20)13-9)6-1-2-7-8(5-6)14-15-10(7)11(18)19/h1-2,5H,3-4H2,(H,14,15)(H,18,19)(H,13,17,20). The topological polar surface area (TPSA) is 115 Å². The largest absolute Gasteiger partial charge is 0.476 e. The molecule has 3 amide bonds. The number of nitrogens with one attached hydrogen (secondary N) is 2. The lowest BCUT2D eigenvalue weighted by Gasteiger charge is -2.26. The lowest BCUT2D eigenvalue weighted by atomic mass is 10.1. The number of urea groups is 1. The Labute approximate surface area is 112 Å². The number of aromatic amines is 1. The number of rotatable bonds is 2. The molecule has 1 saturated heterocycles. The van der Waals surface area contributed by atoms with Gasteiger partial charge in [0.1, 0.15) is 0 Å². The molecular weight excluding hydrogens is 264 g/mol. The van der Waals surface area contributed by atoms with Gasteiger partial charge >= 0.3 is 12.0 Å². The van der Waals surface area contributed by atoms with Crippen LogP contribution in [0.15, 0.2) is 18.2 Å². The molecule has 0 spiro atoms. The molecule has 20 heavy (non-hydrogen) atoms. The third kappa shape index (κ3) is 1.87. The van der Waals surface area contributed by atoms with Crippen LogP contribution in [-0.2, 0) is 4.79 Å². The Kier molecular flexibility index (Phi) is 2.63. The normalized spacial score (nSPS) is 15.5. The first-order valence-corrected chi connectivity index (χ1v) is 5.89. The number of H-pyrrole nitrogens is 1. The molecule has 0 saturated carbocycles. The maximum atomic E-state index is 11.7. The number of nitrogens with zero attached hydrogens (tertiary/aromatic N) is 2. The molecule has 102 valence electrons. The average Bonchev–Trinajstić information content (AvgIpc) is 2.81. The molecule has 0 atom stereocenters. The first-order chi connectivity index (χ1) is 9.56. The van der Waals surface area contributed by atoms with Gasteiger partial charge in [-0.25, -0.2) is 9.59 Å². The summed E-state index contributed by atoms with van der Waals surface area (Å²) >= 11 is 0. The zero-order valence-corrected chi connectivity index (χ0v) is 10.2. The van der Waals surface area contributed by atoms with E-state index in [-0.39, 0.29) is 24.6 Å². The van der Waals surface area contributed by atoms with E-state index in [1.54, 1.807) is 18.2 Å². The number of fused-ring (bicyclic) bond motifs is 1. The van der Waals surface area contributed by atoms with Gasteiger partial charge in [-0.3, -0.25) is 20.1 Å². The van der Waals surface area contributed by atoms with Crippen molar-refractivity contribution >= 4 is 34.5 Å². The lowest BCUT2D eigenvalue weighted by molar-refractivity contribution is -0.120. The monoisotopic (exact) mass is 274 g/mol. The van der Waals surface area contributed by atoms with Gasteiger partial charge in [-0.1, -0.05) is 0 Å². The zero-order valence-electron chi connectivity index (χ0n) is 10.2. The van der Waals surface area contributed by atoms with Gasteiger partial charge in [-0.05, 0) is 18.2 Å². The van der Waals surface area contributed by atoms with Gasteiger partial charge < -0.3 is 5.11 Å². The molecule has 0 bridgehead atoms. The van der Waals surface area contributed by atoms with Crippen molar-refractivity contribution in [2.75, 3.05) is 11.4 Å². The maximum absolute atomic E-state index is 11.7. The van der Waals surface area contributed by atoms with Crippen LogP contribution < -0.4 is 10.2 Å². The number of imide groups is 1. The number of aromatic nitrogens is 2. The van der Waals surface area contributed by atoms with Gasteiger partial charge in [0, 0.05) is 24.0 Å². The average molecular weight is 274 g/mol. The molecule has 1 aliphatic rings. The van der Waals surface area contributed by atoms with Crippen molar-refractivity contribution in [1.82, 2.24) is 15.5 Å².